The summed E-state index contributed by atoms with van der Waals surface area (Å²) in [5, 5.41) is 8.23. The standard InChI is InChI=1S/C7H10NO6P/c1-3-13-15(10,11)14-5-12-7(9)6(2)4-8/h2-3,5H2,1H3,(H,10,11). The van der Waals surface area contributed by atoms with Crippen molar-refractivity contribution in [3.8, 4) is 6.07 Å². The molecule has 0 heterocycles. The first kappa shape index (κ1) is 13.8. The molecule has 0 aliphatic carbocycles. The van der Waals surface area contributed by atoms with Gasteiger partial charge in [0.05, 0.1) is 6.61 Å². The lowest BCUT2D eigenvalue weighted by Gasteiger charge is -2.10. The molecule has 0 saturated carbocycles. The van der Waals surface area contributed by atoms with Gasteiger partial charge in [-0.15, -0.1) is 0 Å². The maximum absolute atomic E-state index is 10.9. The van der Waals surface area contributed by atoms with Gasteiger partial charge in [-0.3, -0.25) is 4.52 Å². The molecule has 0 aliphatic rings. The first-order valence-corrected chi connectivity index (χ1v) is 5.30. The number of carbonyl (C=O) groups excluding carboxylic acids is 1. The summed E-state index contributed by atoms with van der Waals surface area (Å²) in [6, 6.07) is 1.45. The predicted octanol–water partition coefficient (Wildman–Crippen LogP) is 0.720. The van der Waals surface area contributed by atoms with Crippen LogP contribution in [0.25, 0.3) is 0 Å². The van der Waals surface area contributed by atoms with Crippen molar-refractivity contribution in [1.29, 1.82) is 5.26 Å². The van der Waals surface area contributed by atoms with Gasteiger partial charge in [0.1, 0.15) is 11.6 Å². The number of rotatable bonds is 6. The highest BCUT2D eigenvalue weighted by atomic mass is 31.2. The predicted molar refractivity (Wildman–Crippen MR) is 48.2 cm³/mol. The molecule has 0 aromatic carbocycles. The Morgan fingerprint density at radius 3 is 2.67 bits per heavy atom. The summed E-state index contributed by atoms with van der Waals surface area (Å²) in [7, 11) is -4.18. The largest absolute Gasteiger partial charge is 0.475 e. The summed E-state index contributed by atoms with van der Waals surface area (Å²) < 4.78 is 23.7. The van der Waals surface area contributed by atoms with E-state index in [1.165, 1.54) is 13.0 Å². The second kappa shape index (κ2) is 6.32. The van der Waals surface area contributed by atoms with E-state index in [4.69, 9.17) is 10.2 Å². The van der Waals surface area contributed by atoms with Gasteiger partial charge in [0.15, 0.2) is 0 Å². The normalized spacial score (nSPS) is 13.7. The van der Waals surface area contributed by atoms with Gasteiger partial charge < -0.3 is 9.63 Å². The third-order valence-corrected chi connectivity index (χ3v) is 2.10. The Hall–Kier alpha value is -1.19. The van der Waals surface area contributed by atoms with Crippen LogP contribution in [0.4, 0.5) is 0 Å². The summed E-state index contributed by atoms with van der Waals surface area (Å²) in [6.07, 6.45) is 0. The van der Waals surface area contributed by atoms with Crippen LogP contribution in [0.2, 0.25) is 0 Å². The molecule has 15 heavy (non-hydrogen) atoms. The minimum absolute atomic E-state index is 0.0212. The molecule has 0 spiro atoms. The molecule has 1 N–H and O–H groups in total. The molecule has 1 unspecified atom stereocenters. The topological polar surface area (TPSA) is 106 Å². The van der Waals surface area contributed by atoms with Gasteiger partial charge in [0, 0.05) is 0 Å². The number of nitriles is 1. The average molecular weight is 235 g/mol. The summed E-state index contributed by atoms with van der Waals surface area (Å²) in [5.74, 6) is -1.02. The number of esters is 1. The fourth-order valence-electron chi connectivity index (χ4n) is 0.480. The molecule has 0 aromatic heterocycles. The van der Waals surface area contributed by atoms with E-state index < -0.39 is 26.2 Å². The summed E-state index contributed by atoms with van der Waals surface area (Å²) in [4.78, 5) is 19.6. The number of ether oxygens (including phenoxy) is 1. The van der Waals surface area contributed by atoms with Crippen LogP contribution in [-0.4, -0.2) is 24.3 Å². The molecule has 0 aliphatic heterocycles. The van der Waals surface area contributed by atoms with Crippen molar-refractivity contribution >= 4 is 13.8 Å². The van der Waals surface area contributed by atoms with Gasteiger partial charge in [0.25, 0.3) is 0 Å². The lowest BCUT2D eigenvalue weighted by atomic mass is 10.3. The van der Waals surface area contributed by atoms with Crippen LogP contribution in [0.15, 0.2) is 12.2 Å². The van der Waals surface area contributed by atoms with Gasteiger partial charge in [-0.05, 0) is 6.92 Å². The smallest absolute Gasteiger partial charge is 0.434 e. The van der Waals surface area contributed by atoms with Crippen LogP contribution in [0.3, 0.4) is 0 Å². The van der Waals surface area contributed by atoms with Gasteiger partial charge in [-0.2, -0.15) is 5.26 Å². The highest BCUT2D eigenvalue weighted by molar-refractivity contribution is 7.47. The third kappa shape index (κ3) is 5.99. The minimum Gasteiger partial charge on any atom is -0.434 e. The zero-order valence-electron chi connectivity index (χ0n) is 8.00. The van der Waals surface area contributed by atoms with E-state index in [0.29, 0.717) is 0 Å². The van der Waals surface area contributed by atoms with Crippen molar-refractivity contribution in [1.82, 2.24) is 0 Å². The van der Waals surface area contributed by atoms with Crippen LogP contribution in [0.5, 0.6) is 0 Å². The molecular weight excluding hydrogens is 225 g/mol. The minimum atomic E-state index is -4.18. The Kier molecular flexibility index (Phi) is 5.82. The molecular formula is C7H10NO6P. The number of carbonyl (C=O) groups is 1. The van der Waals surface area contributed by atoms with Gasteiger partial charge in [-0.1, -0.05) is 6.58 Å². The molecule has 0 bridgehead atoms. The molecule has 84 valence electrons. The van der Waals surface area contributed by atoms with Crippen molar-refractivity contribution in [3.05, 3.63) is 12.2 Å². The Bertz CT molecular complexity index is 333. The Morgan fingerprint density at radius 2 is 2.20 bits per heavy atom. The summed E-state index contributed by atoms with van der Waals surface area (Å²) >= 11 is 0. The molecule has 0 amide bonds. The van der Waals surface area contributed by atoms with Gasteiger partial charge in [-0.25, -0.2) is 13.9 Å². The molecule has 0 radical (unpaired) electrons. The van der Waals surface area contributed by atoms with Crippen LogP contribution < -0.4 is 0 Å². The molecule has 0 rings (SSSR count). The molecule has 8 heteroatoms. The summed E-state index contributed by atoms with van der Waals surface area (Å²) in [6.45, 7) is 3.76. The zero-order chi connectivity index (χ0) is 11.9. The van der Waals surface area contributed by atoms with Gasteiger partial charge >= 0.3 is 13.8 Å². The number of hydrogen-bond acceptors (Lipinski definition) is 6. The Morgan fingerprint density at radius 1 is 1.60 bits per heavy atom. The quantitative estimate of drug-likeness (QED) is 0.237. The number of phosphoric acid groups is 1. The molecule has 0 fully saturated rings. The summed E-state index contributed by atoms with van der Waals surface area (Å²) in [5.41, 5.74) is -0.428. The van der Waals surface area contributed by atoms with Crippen LogP contribution >= 0.6 is 7.82 Å². The first-order chi connectivity index (χ1) is 6.93. The highest BCUT2D eigenvalue weighted by Crippen LogP contribution is 2.42. The Labute approximate surface area is 86.5 Å². The van der Waals surface area contributed by atoms with E-state index >= 15 is 0 Å². The monoisotopic (exact) mass is 235 g/mol. The number of phosphoric ester groups is 1. The van der Waals surface area contributed by atoms with E-state index in [0.717, 1.165) is 0 Å². The number of nitrogens with zero attached hydrogens (tertiary/aromatic N) is 1. The second-order valence-corrected chi connectivity index (χ2v) is 3.61. The van der Waals surface area contributed by atoms with E-state index in [1.54, 1.807) is 0 Å². The van der Waals surface area contributed by atoms with E-state index in [9.17, 15) is 9.36 Å². The van der Waals surface area contributed by atoms with E-state index in [2.05, 4.69) is 20.4 Å². The second-order valence-electron chi connectivity index (χ2n) is 2.16. The van der Waals surface area contributed by atoms with Crippen LogP contribution in [0, 0.1) is 11.3 Å². The zero-order valence-corrected chi connectivity index (χ0v) is 8.90. The molecule has 1 atom stereocenters. The third-order valence-electron chi connectivity index (χ3n) is 1.08. The average Bonchev–Trinajstić information content (AvgIpc) is 2.15. The van der Waals surface area contributed by atoms with Crippen molar-refractivity contribution in [2.24, 2.45) is 0 Å². The van der Waals surface area contributed by atoms with Crippen molar-refractivity contribution in [3.63, 3.8) is 0 Å². The highest BCUT2D eigenvalue weighted by Gasteiger charge is 2.20. The SMILES string of the molecule is C=C(C#N)C(=O)OCOP(=O)(O)OCC. The van der Waals surface area contributed by atoms with Crippen molar-refractivity contribution in [2.45, 2.75) is 6.92 Å². The van der Waals surface area contributed by atoms with Crippen LogP contribution in [0.1, 0.15) is 6.92 Å². The van der Waals surface area contributed by atoms with E-state index in [1.807, 2.05) is 0 Å². The van der Waals surface area contributed by atoms with Crippen molar-refractivity contribution < 1.29 is 28.0 Å². The molecule has 7 nitrogen and oxygen atoms in total. The van der Waals surface area contributed by atoms with Crippen LogP contribution in [-0.2, 0) is 23.1 Å². The fraction of sp³-hybridized carbons (Fsp3) is 0.429. The van der Waals surface area contributed by atoms with Gasteiger partial charge in [0.2, 0.25) is 6.79 Å². The first-order valence-electron chi connectivity index (χ1n) is 3.81. The van der Waals surface area contributed by atoms with Crippen molar-refractivity contribution in [2.75, 3.05) is 13.4 Å². The van der Waals surface area contributed by atoms with E-state index in [-0.39, 0.29) is 6.61 Å². The maximum atomic E-state index is 10.9. The lowest BCUT2D eigenvalue weighted by molar-refractivity contribution is -0.145. The molecule has 0 saturated heterocycles. The number of hydrogen-bond donors (Lipinski definition) is 1. The fourth-order valence-corrected chi connectivity index (χ4v) is 1.07. The maximum Gasteiger partial charge on any atom is 0.475 e. The Balaban J connectivity index is 3.91. The lowest BCUT2D eigenvalue weighted by Crippen LogP contribution is -2.09. The molecule has 0 aromatic rings.